The molecule has 1 unspecified atom stereocenters. The third-order valence-corrected chi connectivity index (χ3v) is 2.99. The van der Waals surface area contributed by atoms with Gasteiger partial charge in [-0.1, -0.05) is 29.8 Å². The van der Waals surface area contributed by atoms with Crippen LogP contribution in [0, 0.1) is 6.92 Å². The molecule has 0 amide bonds. The standard InChI is InChI=1S/C16H19NO2/c1-12-3-5-13(6-4-12)16(17)11-19-15-9-7-14(18-2)8-10-15/h3-10,16H,11,17H2,1-2H3. The molecule has 0 bridgehead atoms. The van der Waals surface area contributed by atoms with Crippen LogP contribution in [-0.4, -0.2) is 13.7 Å². The van der Waals surface area contributed by atoms with Gasteiger partial charge in [-0.15, -0.1) is 0 Å². The van der Waals surface area contributed by atoms with Crippen LogP contribution in [0.4, 0.5) is 0 Å². The van der Waals surface area contributed by atoms with Crippen molar-refractivity contribution < 1.29 is 9.47 Å². The Kier molecular flexibility index (Phi) is 4.42. The van der Waals surface area contributed by atoms with E-state index in [4.69, 9.17) is 15.2 Å². The molecule has 1 atom stereocenters. The van der Waals surface area contributed by atoms with Gasteiger partial charge in [-0.2, -0.15) is 0 Å². The fraction of sp³-hybridized carbons (Fsp3) is 0.250. The minimum atomic E-state index is -0.122. The fourth-order valence-electron chi connectivity index (χ4n) is 1.77. The van der Waals surface area contributed by atoms with E-state index in [1.54, 1.807) is 7.11 Å². The third-order valence-electron chi connectivity index (χ3n) is 2.99. The maximum absolute atomic E-state index is 6.10. The molecule has 100 valence electrons. The number of nitrogens with two attached hydrogens (primary N) is 1. The molecule has 0 aliphatic heterocycles. The smallest absolute Gasteiger partial charge is 0.119 e. The van der Waals surface area contributed by atoms with Gasteiger partial charge < -0.3 is 15.2 Å². The molecule has 0 saturated heterocycles. The normalized spacial score (nSPS) is 11.9. The summed E-state index contributed by atoms with van der Waals surface area (Å²) in [6.45, 7) is 2.51. The first-order valence-electron chi connectivity index (χ1n) is 6.28. The molecule has 2 aromatic rings. The van der Waals surface area contributed by atoms with Gasteiger partial charge in [0.1, 0.15) is 18.1 Å². The second-order valence-corrected chi connectivity index (χ2v) is 4.50. The summed E-state index contributed by atoms with van der Waals surface area (Å²) in [6, 6.07) is 15.6. The molecule has 3 heteroatoms. The summed E-state index contributed by atoms with van der Waals surface area (Å²) >= 11 is 0. The highest BCUT2D eigenvalue weighted by Gasteiger charge is 2.06. The number of methoxy groups -OCH3 is 1. The first kappa shape index (κ1) is 13.4. The van der Waals surface area contributed by atoms with E-state index in [0.29, 0.717) is 6.61 Å². The van der Waals surface area contributed by atoms with Crippen LogP contribution in [-0.2, 0) is 0 Å². The van der Waals surface area contributed by atoms with Crippen molar-refractivity contribution in [2.45, 2.75) is 13.0 Å². The number of benzene rings is 2. The van der Waals surface area contributed by atoms with Crippen molar-refractivity contribution in [3.63, 3.8) is 0 Å². The van der Waals surface area contributed by atoms with Crippen LogP contribution in [0.2, 0.25) is 0 Å². The van der Waals surface area contributed by atoms with Gasteiger partial charge in [-0.25, -0.2) is 0 Å². The van der Waals surface area contributed by atoms with Crippen molar-refractivity contribution in [2.75, 3.05) is 13.7 Å². The lowest BCUT2D eigenvalue weighted by molar-refractivity contribution is 0.290. The largest absolute Gasteiger partial charge is 0.497 e. The Morgan fingerprint density at radius 3 is 2.11 bits per heavy atom. The Morgan fingerprint density at radius 2 is 1.53 bits per heavy atom. The molecule has 2 rings (SSSR count). The molecular formula is C16H19NO2. The molecule has 0 aromatic heterocycles. The van der Waals surface area contributed by atoms with E-state index in [2.05, 4.69) is 19.1 Å². The van der Waals surface area contributed by atoms with Gasteiger partial charge in [-0.3, -0.25) is 0 Å². The molecule has 3 nitrogen and oxygen atoms in total. The highest BCUT2D eigenvalue weighted by atomic mass is 16.5. The molecule has 0 aliphatic carbocycles. The van der Waals surface area contributed by atoms with E-state index in [0.717, 1.165) is 17.1 Å². The number of hydrogen-bond donors (Lipinski definition) is 1. The predicted molar refractivity (Wildman–Crippen MR) is 76.6 cm³/mol. The first-order chi connectivity index (χ1) is 9.19. The lowest BCUT2D eigenvalue weighted by atomic mass is 10.1. The molecule has 2 aromatic carbocycles. The SMILES string of the molecule is COc1ccc(OCC(N)c2ccc(C)cc2)cc1. The average molecular weight is 257 g/mol. The van der Waals surface area contributed by atoms with Crippen LogP contribution in [0.5, 0.6) is 11.5 Å². The number of rotatable bonds is 5. The number of aryl methyl sites for hydroxylation is 1. The molecule has 0 radical (unpaired) electrons. The van der Waals surface area contributed by atoms with Crippen molar-refractivity contribution >= 4 is 0 Å². The first-order valence-corrected chi connectivity index (χ1v) is 6.28. The van der Waals surface area contributed by atoms with Gasteiger partial charge in [0, 0.05) is 0 Å². The molecule has 0 spiro atoms. The molecule has 0 saturated carbocycles. The van der Waals surface area contributed by atoms with Crippen molar-refractivity contribution in [1.29, 1.82) is 0 Å². The minimum absolute atomic E-state index is 0.122. The zero-order chi connectivity index (χ0) is 13.7. The summed E-state index contributed by atoms with van der Waals surface area (Å²) in [4.78, 5) is 0. The van der Waals surface area contributed by atoms with E-state index in [1.165, 1.54) is 5.56 Å². The van der Waals surface area contributed by atoms with E-state index in [1.807, 2.05) is 36.4 Å². The van der Waals surface area contributed by atoms with Gasteiger partial charge >= 0.3 is 0 Å². The van der Waals surface area contributed by atoms with Gasteiger partial charge in [0.15, 0.2) is 0 Å². The zero-order valence-electron chi connectivity index (χ0n) is 11.3. The Morgan fingerprint density at radius 1 is 0.947 bits per heavy atom. The second-order valence-electron chi connectivity index (χ2n) is 4.50. The highest BCUT2D eigenvalue weighted by molar-refractivity contribution is 5.31. The number of hydrogen-bond acceptors (Lipinski definition) is 3. The summed E-state index contributed by atoms with van der Waals surface area (Å²) in [5.74, 6) is 1.61. The number of ether oxygens (including phenoxy) is 2. The van der Waals surface area contributed by atoms with Gasteiger partial charge in [0.25, 0.3) is 0 Å². The van der Waals surface area contributed by atoms with Crippen LogP contribution >= 0.6 is 0 Å². The van der Waals surface area contributed by atoms with Crippen molar-refractivity contribution in [3.05, 3.63) is 59.7 Å². The monoisotopic (exact) mass is 257 g/mol. The summed E-state index contributed by atoms with van der Waals surface area (Å²) < 4.78 is 10.8. The van der Waals surface area contributed by atoms with Crippen molar-refractivity contribution in [1.82, 2.24) is 0 Å². The van der Waals surface area contributed by atoms with Gasteiger partial charge in [-0.05, 0) is 36.8 Å². The Balaban J connectivity index is 1.92. The van der Waals surface area contributed by atoms with E-state index in [9.17, 15) is 0 Å². The molecule has 0 heterocycles. The quantitative estimate of drug-likeness (QED) is 0.895. The summed E-state index contributed by atoms with van der Waals surface area (Å²) in [5.41, 5.74) is 8.41. The molecule has 19 heavy (non-hydrogen) atoms. The highest BCUT2D eigenvalue weighted by Crippen LogP contribution is 2.19. The molecule has 2 N–H and O–H groups in total. The van der Waals surface area contributed by atoms with Crippen LogP contribution in [0.15, 0.2) is 48.5 Å². The zero-order valence-corrected chi connectivity index (χ0v) is 11.3. The van der Waals surface area contributed by atoms with E-state index < -0.39 is 0 Å². The lowest BCUT2D eigenvalue weighted by Gasteiger charge is -2.14. The summed E-state index contributed by atoms with van der Waals surface area (Å²) in [6.07, 6.45) is 0. The van der Waals surface area contributed by atoms with Crippen LogP contribution in [0.3, 0.4) is 0 Å². The minimum Gasteiger partial charge on any atom is -0.497 e. The van der Waals surface area contributed by atoms with Crippen LogP contribution < -0.4 is 15.2 Å². The van der Waals surface area contributed by atoms with Crippen LogP contribution in [0.25, 0.3) is 0 Å². The third kappa shape index (κ3) is 3.73. The van der Waals surface area contributed by atoms with Crippen molar-refractivity contribution in [2.24, 2.45) is 5.73 Å². The Hall–Kier alpha value is -2.00. The van der Waals surface area contributed by atoms with E-state index >= 15 is 0 Å². The molecule has 0 aliphatic rings. The Labute approximate surface area is 114 Å². The van der Waals surface area contributed by atoms with Crippen LogP contribution in [0.1, 0.15) is 17.2 Å². The fourth-order valence-corrected chi connectivity index (χ4v) is 1.77. The van der Waals surface area contributed by atoms with E-state index in [-0.39, 0.29) is 6.04 Å². The topological polar surface area (TPSA) is 44.5 Å². The lowest BCUT2D eigenvalue weighted by Crippen LogP contribution is -2.18. The average Bonchev–Trinajstić information content (AvgIpc) is 2.46. The summed E-state index contributed by atoms with van der Waals surface area (Å²) in [7, 11) is 1.64. The maximum atomic E-state index is 6.10. The van der Waals surface area contributed by atoms with Gasteiger partial charge in [0.05, 0.1) is 13.2 Å². The van der Waals surface area contributed by atoms with Crippen molar-refractivity contribution in [3.8, 4) is 11.5 Å². The molecular weight excluding hydrogens is 238 g/mol. The summed E-state index contributed by atoms with van der Waals surface area (Å²) in [5, 5.41) is 0. The Bertz CT molecular complexity index is 505. The van der Waals surface area contributed by atoms with Gasteiger partial charge in [0.2, 0.25) is 0 Å². The second kappa shape index (κ2) is 6.25. The predicted octanol–water partition coefficient (Wildman–Crippen LogP) is 3.08. The maximum Gasteiger partial charge on any atom is 0.119 e. The molecule has 0 fully saturated rings.